The summed E-state index contributed by atoms with van der Waals surface area (Å²) in [5.41, 5.74) is 1.36. The molecule has 0 spiro atoms. The molecule has 1 atom stereocenters. The van der Waals surface area contributed by atoms with Gasteiger partial charge in [0, 0.05) is 31.1 Å². The van der Waals surface area contributed by atoms with Crippen molar-refractivity contribution in [1.29, 1.82) is 0 Å². The second-order valence-corrected chi connectivity index (χ2v) is 25.7. The van der Waals surface area contributed by atoms with Crippen molar-refractivity contribution in [2.45, 2.75) is 153 Å². The largest absolute Gasteiger partial charge is 0.504 e. The Morgan fingerprint density at radius 1 is 0.630 bits per heavy atom. The molecule has 1 aromatic carbocycles. The topological polar surface area (TPSA) is 40.6 Å². The smallest absolute Gasteiger partial charge is 0.373 e. The summed E-state index contributed by atoms with van der Waals surface area (Å²) in [6.07, 6.45) is 22.8. The van der Waals surface area contributed by atoms with Crippen LogP contribution in [-0.2, 0) is 13.3 Å². The summed E-state index contributed by atoms with van der Waals surface area (Å²) in [5, 5.41) is 0. The molecule has 1 aromatic heterocycles. The maximum atomic E-state index is 6.80. The minimum atomic E-state index is -2.83. The van der Waals surface area contributed by atoms with E-state index in [-0.39, 0.29) is 5.54 Å². The van der Waals surface area contributed by atoms with Crippen LogP contribution in [0.5, 0.6) is 0 Å². The highest BCUT2D eigenvalue weighted by Gasteiger charge is 2.47. The van der Waals surface area contributed by atoms with Crippen LogP contribution < -0.4 is 0 Å². The predicted molar refractivity (Wildman–Crippen MR) is 221 cm³/mol. The molecule has 0 amide bonds. The van der Waals surface area contributed by atoms with Gasteiger partial charge in [-0.1, -0.05) is 147 Å². The lowest BCUT2D eigenvalue weighted by atomic mass is 10.1. The van der Waals surface area contributed by atoms with Gasteiger partial charge >= 0.3 is 8.80 Å². The number of hydrogen-bond donors (Lipinski definition) is 0. The maximum Gasteiger partial charge on any atom is 0.504 e. The molecule has 0 saturated carbocycles. The molecule has 4 nitrogen and oxygen atoms in total. The van der Waals surface area contributed by atoms with Crippen molar-refractivity contribution in [2.24, 2.45) is 0 Å². The zero-order valence-corrected chi connectivity index (χ0v) is 35.7. The van der Waals surface area contributed by atoms with Gasteiger partial charge in [0.05, 0.1) is 10.2 Å². The van der Waals surface area contributed by atoms with E-state index in [2.05, 4.69) is 52.0 Å². The summed E-state index contributed by atoms with van der Waals surface area (Å²) in [7, 11) is 8.14. The Labute approximate surface area is 310 Å². The highest BCUT2D eigenvalue weighted by molar-refractivity contribution is 9.41. The van der Waals surface area contributed by atoms with Crippen molar-refractivity contribution >= 4 is 91.2 Å². The zero-order chi connectivity index (χ0) is 33.0. The molecule has 1 unspecified atom stereocenters. The first kappa shape index (κ1) is 43.5. The maximum absolute atomic E-state index is 6.80. The number of aromatic nitrogens is 1. The van der Waals surface area contributed by atoms with Crippen LogP contribution in [0.3, 0.4) is 0 Å². The predicted octanol–water partition coefficient (Wildman–Crippen LogP) is 15.1. The minimum absolute atomic E-state index is 0.264. The van der Waals surface area contributed by atoms with E-state index >= 15 is 0 Å². The van der Waals surface area contributed by atoms with Crippen LogP contribution in [0.4, 0.5) is 0 Å². The minimum Gasteiger partial charge on any atom is -0.373 e. The van der Waals surface area contributed by atoms with Gasteiger partial charge in [-0.3, -0.25) is 0 Å². The van der Waals surface area contributed by atoms with Gasteiger partial charge in [-0.2, -0.15) is 0 Å². The van der Waals surface area contributed by atoms with E-state index < -0.39 is 8.80 Å². The summed E-state index contributed by atoms with van der Waals surface area (Å²) in [6, 6.07) is 8.37. The fourth-order valence-corrected chi connectivity index (χ4v) is 21.7. The third-order valence-corrected chi connectivity index (χ3v) is 23.6. The van der Waals surface area contributed by atoms with Crippen LogP contribution in [0.15, 0.2) is 28.6 Å². The Hall–Kier alpha value is 1.31. The first-order valence-electron chi connectivity index (χ1n) is 17.9. The van der Waals surface area contributed by atoms with E-state index in [1.165, 1.54) is 101 Å². The van der Waals surface area contributed by atoms with Crippen molar-refractivity contribution in [3.05, 3.63) is 24.3 Å². The Bertz CT molecular complexity index is 895. The quantitative estimate of drug-likeness (QED) is 0.0397. The molecule has 0 bridgehead atoms. The van der Waals surface area contributed by atoms with Gasteiger partial charge in [0.2, 0.25) is 0 Å². The van der Waals surface area contributed by atoms with Crippen molar-refractivity contribution < 1.29 is 13.3 Å². The number of thiazole rings is 1. The van der Waals surface area contributed by atoms with Gasteiger partial charge < -0.3 is 13.3 Å². The first-order valence-corrected chi connectivity index (χ1v) is 28.2. The zero-order valence-electron chi connectivity index (χ0n) is 29.0. The number of hydrogen-bond acceptors (Lipinski definition) is 11. The van der Waals surface area contributed by atoms with E-state index in [1.807, 2.05) is 40.3 Å². The van der Waals surface area contributed by atoms with Gasteiger partial charge in [-0.05, 0) is 81.5 Å². The van der Waals surface area contributed by atoms with Gasteiger partial charge in [0.1, 0.15) is 0 Å². The van der Waals surface area contributed by atoms with Gasteiger partial charge in [0.25, 0.3) is 0 Å². The molecular formula is C34H61NO3S7Si. The molecule has 12 heteroatoms. The van der Waals surface area contributed by atoms with Gasteiger partial charge in [-0.15, -0.1) is 11.3 Å². The fraction of sp³-hybridized carbons (Fsp3) is 0.794. The van der Waals surface area contributed by atoms with Crippen LogP contribution in [-0.4, -0.2) is 39.4 Å². The lowest BCUT2D eigenvalue weighted by Crippen LogP contribution is -2.51. The third kappa shape index (κ3) is 20.2. The number of rotatable bonds is 33. The molecule has 266 valence electrons. The van der Waals surface area contributed by atoms with Crippen molar-refractivity contribution in [1.82, 2.24) is 4.98 Å². The van der Waals surface area contributed by atoms with E-state index in [9.17, 15) is 0 Å². The molecule has 0 N–H and O–H groups in total. The normalized spacial score (nSPS) is 12.8. The second kappa shape index (κ2) is 30.0. The lowest BCUT2D eigenvalue weighted by molar-refractivity contribution is 0.0490. The van der Waals surface area contributed by atoms with E-state index in [4.69, 9.17) is 18.3 Å². The lowest BCUT2D eigenvalue weighted by Gasteiger charge is -2.34. The molecule has 1 heterocycles. The van der Waals surface area contributed by atoms with E-state index in [0.29, 0.717) is 0 Å². The Kier molecular flexibility index (Phi) is 28.3. The Morgan fingerprint density at radius 3 is 1.63 bits per heavy atom. The molecule has 0 radical (unpaired) electrons. The van der Waals surface area contributed by atoms with Gasteiger partial charge in [-0.25, -0.2) is 4.98 Å². The molecule has 0 fully saturated rings. The highest BCUT2D eigenvalue weighted by Crippen LogP contribution is 2.55. The third-order valence-electron chi connectivity index (χ3n) is 7.84. The molecular weight excluding hydrogens is 723 g/mol. The molecule has 0 saturated heterocycles. The van der Waals surface area contributed by atoms with Crippen molar-refractivity contribution in [3.63, 3.8) is 0 Å². The average molecular weight is 784 g/mol. The van der Waals surface area contributed by atoms with Crippen molar-refractivity contribution in [3.8, 4) is 0 Å². The summed E-state index contributed by atoms with van der Waals surface area (Å²) in [4.78, 5) is 4.73. The summed E-state index contributed by atoms with van der Waals surface area (Å²) in [5.74, 6) is 0.976. The van der Waals surface area contributed by atoms with Crippen LogP contribution >= 0.6 is 72.2 Å². The van der Waals surface area contributed by atoms with Crippen LogP contribution in [0.2, 0.25) is 5.54 Å². The molecule has 0 aliphatic rings. The Balaban J connectivity index is 1.86. The Morgan fingerprint density at radius 2 is 1.11 bits per heavy atom. The SMILES string of the molecule is CCCCCCCCO[Si](OCCCCCCCC)(OCCCCCCCC)C(C)CSSSSSSc1nc2ccccc2s1. The highest BCUT2D eigenvalue weighted by atomic mass is 33.9. The monoisotopic (exact) mass is 783 g/mol. The van der Waals surface area contributed by atoms with Crippen LogP contribution in [0.1, 0.15) is 143 Å². The summed E-state index contributed by atoms with van der Waals surface area (Å²) < 4.78 is 22.8. The number of nitrogens with zero attached hydrogens (tertiary/aromatic N) is 1. The van der Waals surface area contributed by atoms with Crippen molar-refractivity contribution in [2.75, 3.05) is 25.6 Å². The molecule has 2 aromatic rings. The molecule has 46 heavy (non-hydrogen) atoms. The molecule has 0 aliphatic carbocycles. The summed E-state index contributed by atoms with van der Waals surface area (Å²) in [6.45, 7) is 11.4. The van der Waals surface area contributed by atoms with E-state index in [1.54, 1.807) is 32.0 Å². The standard InChI is InChI=1S/C34H61NO3S7Si/c1-5-8-11-14-17-22-27-36-46(37-28-23-18-15-12-9-6-2,38-29-24-19-16-13-10-7-3)31(4)30-39-42-44-45-43-41-34-35-32-25-20-21-26-33(32)40-34/h20-21,25-26,31H,5-19,22-24,27-30H2,1-4H3. The fourth-order valence-electron chi connectivity index (χ4n) is 5.05. The van der Waals surface area contributed by atoms with Crippen LogP contribution in [0, 0.1) is 0 Å². The van der Waals surface area contributed by atoms with Crippen LogP contribution in [0.25, 0.3) is 10.2 Å². The molecule has 2 rings (SSSR count). The number of fused-ring (bicyclic) bond motifs is 1. The summed E-state index contributed by atoms with van der Waals surface area (Å²) >= 11 is 1.77. The number of unbranched alkanes of at least 4 members (excludes halogenated alkanes) is 15. The average Bonchev–Trinajstić information content (AvgIpc) is 3.49. The van der Waals surface area contributed by atoms with E-state index in [0.717, 1.165) is 54.7 Å². The number of para-hydroxylation sites is 1. The molecule has 0 aliphatic heterocycles. The number of benzene rings is 1. The van der Waals surface area contributed by atoms with Gasteiger partial charge in [0.15, 0.2) is 4.34 Å². The second-order valence-electron chi connectivity index (χ2n) is 11.9. The first-order chi connectivity index (χ1) is 22.6.